The number of esters is 1. The van der Waals surface area contributed by atoms with Crippen LogP contribution in [0.3, 0.4) is 0 Å². The molecule has 7 nitrogen and oxygen atoms in total. The molecule has 0 spiro atoms. The molecule has 0 aromatic carbocycles. The Balaban J connectivity index is 4.33. The monoisotopic (exact) mass is 244 g/mol. The van der Waals surface area contributed by atoms with Gasteiger partial charge in [-0.15, -0.1) is 0 Å². The third-order valence-corrected chi connectivity index (χ3v) is 2.40. The fraction of sp³-hybridized carbons (Fsp3) is 0.900. The van der Waals surface area contributed by atoms with Crippen LogP contribution in [0.25, 0.3) is 10.4 Å². The van der Waals surface area contributed by atoms with E-state index in [9.17, 15) is 4.79 Å². The number of hydrogen-bond donors (Lipinski definition) is 1. The number of carbonyl (C=O) groups is 1. The van der Waals surface area contributed by atoms with Crippen molar-refractivity contribution < 1.29 is 14.3 Å². The van der Waals surface area contributed by atoms with E-state index in [1.165, 1.54) is 7.11 Å². The molecule has 1 N–H and O–H groups in total. The van der Waals surface area contributed by atoms with Gasteiger partial charge in [0.25, 0.3) is 0 Å². The summed E-state index contributed by atoms with van der Waals surface area (Å²) < 4.78 is 9.96. The van der Waals surface area contributed by atoms with E-state index < -0.39 is 11.6 Å². The molecule has 0 rings (SSSR count). The third kappa shape index (κ3) is 6.78. The Morgan fingerprint density at radius 1 is 1.53 bits per heavy atom. The second-order valence-electron chi connectivity index (χ2n) is 4.15. The highest BCUT2D eigenvalue weighted by molar-refractivity contribution is 5.75. The van der Waals surface area contributed by atoms with Gasteiger partial charge in [0.15, 0.2) is 0 Å². The maximum Gasteiger partial charge on any atom is 0.322 e. The fourth-order valence-electron chi connectivity index (χ4n) is 1.29. The molecule has 0 aromatic rings. The lowest BCUT2D eigenvalue weighted by Gasteiger charge is -2.27. The lowest BCUT2D eigenvalue weighted by molar-refractivity contribution is -0.145. The first-order chi connectivity index (χ1) is 7.96. The summed E-state index contributed by atoms with van der Waals surface area (Å²) in [6.45, 7) is 4.48. The summed E-state index contributed by atoms with van der Waals surface area (Å²) in [5, 5.41) is 6.36. The van der Waals surface area contributed by atoms with Gasteiger partial charge in [-0.2, -0.15) is 0 Å². The SMILES string of the molecule is COC(=O)C(CC(C)(C)OC)NCCN=[N+]=[N-]. The Labute approximate surface area is 101 Å². The van der Waals surface area contributed by atoms with Crippen molar-refractivity contribution in [2.75, 3.05) is 27.3 Å². The Morgan fingerprint density at radius 3 is 2.65 bits per heavy atom. The maximum absolute atomic E-state index is 11.5. The largest absolute Gasteiger partial charge is 0.468 e. The van der Waals surface area contributed by atoms with Crippen LogP contribution >= 0.6 is 0 Å². The molecule has 0 heterocycles. The van der Waals surface area contributed by atoms with Gasteiger partial charge in [0, 0.05) is 31.5 Å². The molecule has 0 bridgehead atoms. The van der Waals surface area contributed by atoms with Crippen molar-refractivity contribution in [3.63, 3.8) is 0 Å². The molecule has 0 saturated carbocycles. The van der Waals surface area contributed by atoms with Gasteiger partial charge in [0.1, 0.15) is 6.04 Å². The Hall–Kier alpha value is -1.30. The van der Waals surface area contributed by atoms with Crippen molar-refractivity contribution in [2.45, 2.75) is 31.9 Å². The number of ether oxygens (including phenoxy) is 2. The lowest BCUT2D eigenvalue weighted by atomic mass is 9.99. The number of hydrogen-bond acceptors (Lipinski definition) is 5. The first-order valence-corrected chi connectivity index (χ1v) is 5.34. The zero-order chi connectivity index (χ0) is 13.3. The van der Waals surface area contributed by atoms with Crippen molar-refractivity contribution >= 4 is 5.97 Å². The van der Waals surface area contributed by atoms with Crippen LogP contribution in [0.5, 0.6) is 0 Å². The molecule has 0 aliphatic carbocycles. The summed E-state index contributed by atoms with van der Waals surface area (Å²) in [5.41, 5.74) is 7.70. The van der Waals surface area contributed by atoms with Gasteiger partial charge in [0.2, 0.25) is 0 Å². The van der Waals surface area contributed by atoms with Crippen LogP contribution in [0, 0.1) is 0 Å². The molecule has 0 aliphatic rings. The van der Waals surface area contributed by atoms with E-state index in [2.05, 4.69) is 15.3 Å². The van der Waals surface area contributed by atoms with Crippen molar-refractivity contribution in [1.82, 2.24) is 5.32 Å². The lowest BCUT2D eigenvalue weighted by Crippen LogP contribution is -2.44. The summed E-state index contributed by atoms with van der Waals surface area (Å²) in [4.78, 5) is 14.2. The molecule has 0 aliphatic heterocycles. The van der Waals surface area contributed by atoms with Gasteiger partial charge in [-0.3, -0.25) is 4.79 Å². The fourth-order valence-corrected chi connectivity index (χ4v) is 1.29. The Kier molecular flexibility index (Phi) is 7.29. The molecular weight excluding hydrogens is 224 g/mol. The summed E-state index contributed by atoms with van der Waals surface area (Å²) in [6.07, 6.45) is 0.479. The number of methoxy groups -OCH3 is 2. The highest BCUT2D eigenvalue weighted by Crippen LogP contribution is 2.16. The van der Waals surface area contributed by atoms with E-state index in [1.807, 2.05) is 13.8 Å². The van der Waals surface area contributed by atoms with Crippen LogP contribution in [0.1, 0.15) is 20.3 Å². The summed E-state index contributed by atoms with van der Waals surface area (Å²) in [5.74, 6) is -0.351. The van der Waals surface area contributed by atoms with Gasteiger partial charge in [0.05, 0.1) is 12.7 Å². The van der Waals surface area contributed by atoms with Crippen molar-refractivity contribution in [1.29, 1.82) is 0 Å². The van der Waals surface area contributed by atoms with Crippen molar-refractivity contribution in [2.24, 2.45) is 5.11 Å². The van der Waals surface area contributed by atoms with Crippen molar-refractivity contribution in [3.05, 3.63) is 10.4 Å². The molecule has 0 fully saturated rings. The molecule has 0 amide bonds. The zero-order valence-electron chi connectivity index (χ0n) is 10.8. The van der Waals surface area contributed by atoms with Crippen molar-refractivity contribution in [3.8, 4) is 0 Å². The smallest absolute Gasteiger partial charge is 0.322 e. The molecular formula is C10H20N4O3. The molecule has 17 heavy (non-hydrogen) atoms. The molecule has 98 valence electrons. The standard InChI is InChI=1S/C10H20N4O3/c1-10(2,17-4)7-8(9(15)16-3)12-5-6-13-14-11/h8,12H,5-7H2,1-4H3. The highest BCUT2D eigenvalue weighted by atomic mass is 16.5. The Bertz CT molecular complexity index is 287. The van der Waals surface area contributed by atoms with Gasteiger partial charge in [-0.1, -0.05) is 5.11 Å². The second kappa shape index (κ2) is 7.89. The van der Waals surface area contributed by atoms with Crippen LogP contribution in [0.2, 0.25) is 0 Å². The third-order valence-electron chi connectivity index (χ3n) is 2.40. The summed E-state index contributed by atoms with van der Waals surface area (Å²) in [7, 11) is 2.93. The average Bonchev–Trinajstić information content (AvgIpc) is 2.32. The van der Waals surface area contributed by atoms with Gasteiger partial charge in [-0.25, -0.2) is 0 Å². The van der Waals surface area contributed by atoms with Gasteiger partial charge >= 0.3 is 5.97 Å². The van der Waals surface area contributed by atoms with E-state index in [4.69, 9.17) is 15.0 Å². The number of carbonyl (C=O) groups excluding carboxylic acids is 1. The van der Waals surface area contributed by atoms with Crippen LogP contribution in [-0.4, -0.2) is 44.9 Å². The van der Waals surface area contributed by atoms with Crippen LogP contribution in [0.4, 0.5) is 0 Å². The first kappa shape index (κ1) is 15.7. The van der Waals surface area contributed by atoms with Crippen LogP contribution in [-0.2, 0) is 14.3 Å². The first-order valence-electron chi connectivity index (χ1n) is 5.34. The van der Waals surface area contributed by atoms with Crippen LogP contribution < -0.4 is 5.32 Å². The predicted molar refractivity (Wildman–Crippen MR) is 63.5 cm³/mol. The number of azide groups is 1. The van der Waals surface area contributed by atoms with Crippen LogP contribution in [0.15, 0.2) is 5.11 Å². The zero-order valence-corrected chi connectivity index (χ0v) is 10.8. The van der Waals surface area contributed by atoms with E-state index in [0.717, 1.165) is 0 Å². The average molecular weight is 244 g/mol. The molecule has 0 aromatic heterocycles. The molecule has 0 saturated heterocycles. The second-order valence-corrected chi connectivity index (χ2v) is 4.15. The van der Waals surface area contributed by atoms with E-state index in [-0.39, 0.29) is 12.5 Å². The van der Waals surface area contributed by atoms with E-state index in [1.54, 1.807) is 7.11 Å². The minimum Gasteiger partial charge on any atom is -0.468 e. The minimum atomic E-state index is -0.469. The molecule has 7 heteroatoms. The molecule has 1 unspecified atom stereocenters. The van der Waals surface area contributed by atoms with Gasteiger partial charge < -0.3 is 14.8 Å². The number of rotatable bonds is 8. The normalized spacial score (nSPS) is 12.7. The van der Waals surface area contributed by atoms with E-state index in [0.29, 0.717) is 13.0 Å². The minimum absolute atomic E-state index is 0.289. The molecule has 0 radical (unpaired) electrons. The quantitative estimate of drug-likeness (QED) is 0.228. The summed E-state index contributed by atoms with van der Waals surface area (Å²) >= 11 is 0. The summed E-state index contributed by atoms with van der Waals surface area (Å²) in [6, 6.07) is -0.469. The number of nitrogens with zero attached hydrogens (tertiary/aromatic N) is 3. The molecule has 1 atom stereocenters. The number of nitrogens with one attached hydrogen (secondary N) is 1. The topological polar surface area (TPSA) is 96.3 Å². The van der Waals surface area contributed by atoms with E-state index >= 15 is 0 Å². The predicted octanol–water partition coefficient (Wildman–Crippen LogP) is 1.24. The highest BCUT2D eigenvalue weighted by Gasteiger charge is 2.27. The maximum atomic E-state index is 11.5. The Morgan fingerprint density at radius 2 is 2.18 bits per heavy atom. The van der Waals surface area contributed by atoms with Gasteiger partial charge in [-0.05, 0) is 19.4 Å².